The van der Waals surface area contributed by atoms with E-state index in [1.807, 2.05) is 0 Å². The van der Waals surface area contributed by atoms with E-state index in [4.69, 9.17) is 0 Å². The predicted molar refractivity (Wildman–Crippen MR) is 88.2 cm³/mol. The van der Waals surface area contributed by atoms with Gasteiger partial charge < -0.3 is 5.32 Å². The van der Waals surface area contributed by atoms with Crippen molar-refractivity contribution >= 4 is 0 Å². The normalized spacial score (nSPS) is 24.1. The molecule has 2 fully saturated rings. The van der Waals surface area contributed by atoms with Crippen LogP contribution >= 0.6 is 0 Å². The second-order valence-corrected chi connectivity index (χ2v) is 7.15. The highest BCUT2D eigenvalue weighted by atomic mass is 15.2. The molecule has 0 spiro atoms. The summed E-state index contributed by atoms with van der Waals surface area (Å²) >= 11 is 0. The van der Waals surface area contributed by atoms with E-state index in [9.17, 15) is 0 Å². The summed E-state index contributed by atoms with van der Waals surface area (Å²) in [7, 11) is 0. The molecule has 1 N–H and O–H groups in total. The predicted octanol–water partition coefficient (Wildman–Crippen LogP) is 4.20. The summed E-state index contributed by atoms with van der Waals surface area (Å²) in [6.45, 7) is 9.83. The van der Waals surface area contributed by atoms with Crippen molar-refractivity contribution in [3.63, 3.8) is 0 Å². The zero-order chi connectivity index (χ0) is 14.3. The van der Waals surface area contributed by atoms with Crippen LogP contribution in [0.4, 0.5) is 0 Å². The zero-order valence-corrected chi connectivity index (χ0v) is 13.9. The zero-order valence-electron chi connectivity index (χ0n) is 13.9. The average molecular weight is 280 g/mol. The SMILES string of the molecule is CCC(CC)CNCC1(N2CCCCC2)CCCCC1. The summed E-state index contributed by atoms with van der Waals surface area (Å²) in [4.78, 5) is 2.86. The second-order valence-electron chi connectivity index (χ2n) is 7.15. The Morgan fingerprint density at radius 2 is 1.50 bits per heavy atom. The highest BCUT2D eigenvalue weighted by molar-refractivity contribution is 4.96. The lowest BCUT2D eigenvalue weighted by molar-refractivity contribution is 0.0328. The Morgan fingerprint density at radius 3 is 2.10 bits per heavy atom. The fourth-order valence-corrected chi connectivity index (χ4v) is 4.27. The first kappa shape index (κ1) is 16.3. The molecule has 0 aromatic rings. The van der Waals surface area contributed by atoms with Crippen LogP contribution in [-0.4, -0.2) is 36.6 Å². The van der Waals surface area contributed by atoms with Crippen molar-refractivity contribution in [2.45, 2.75) is 83.6 Å². The van der Waals surface area contributed by atoms with Crippen molar-refractivity contribution in [3.05, 3.63) is 0 Å². The van der Waals surface area contributed by atoms with Gasteiger partial charge in [0.2, 0.25) is 0 Å². The molecule has 1 saturated carbocycles. The van der Waals surface area contributed by atoms with E-state index in [1.165, 1.54) is 90.4 Å². The fraction of sp³-hybridized carbons (Fsp3) is 1.00. The molecule has 2 aliphatic rings. The Kier molecular flexibility index (Phi) is 6.83. The number of nitrogens with zero attached hydrogens (tertiary/aromatic N) is 1. The number of hydrogen-bond acceptors (Lipinski definition) is 2. The van der Waals surface area contributed by atoms with Crippen molar-refractivity contribution in [2.24, 2.45) is 5.92 Å². The van der Waals surface area contributed by atoms with Crippen LogP contribution in [0, 0.1) is 5.92 Å². The topological polar surface area (TPSA) is 15.3 Å². The van der Waals surface area contributed by atoms with Crippen LogP contribution in [-0.2, 0) is 0 Å². The van der Waals surface area contributed by atoms with E-state index in [-0.39, 0.29) is 0 Å². The maximum atomic E-state index is 3.85. The molecule has 0 aromatic heterocycles. The molecule has 1 heterocycles. The monoisotopic (exact) mass is 280 g/mol. The molecule has 1 aliphatic heterocycles. The third-order valence-corrected chi connectivity index (χ3v) is 5.85. The van der Waals surface area contributed by atoms with Gasteiger partial charge >= 0.3 is 0 Å². The van der Waals surface area contributed by atoms with Gasteiger partial charge in [0.25, 0.3) is 0 Å². The number of rotatable bonds is 7. The maximum Gasteiger partial charge on any atom is 0.0333 e. The van der Waals surface area contributed by atoms with Crippen LogP contribution in [0.15, 0.2) is 0 Å². The van der Waals surface area contributed by atoms with Crippen molar-refractivity contribution in [1.82, 2.24) is 10.2 Å². The molecule has 20 heavy (non-hydrogen) atoms. The second kappa shape index (κ2) is 8.38. The van der Waals surface area contributed by atoms with Crippen LogP contribution in [0.3, 0.4) is 0 Å². The fourth-order valence-electron chi connectivity index (χ4n) is 4.27. The van der Waals surface area contributed by atoms with Gasteiger partial charge in [0.05, 0.1) is 0 Å². The minimum absolute atomic E-state index is 0.505. The van der Waals surface area contributed by atoms with Gasteiger partial charge in [0.1, 0.15) is 0 Å². The first-order chi connectivity index (χ1) is 9.80. The lowest BCUT2D eigenvalue weighted by Gasteiger charge is -2.48. The van der Waals surface area contributed by atoms with Crippen molar-refractivity contribution in [3.8, 4) is 0 Å². The molecule has 0 amide bonds. The van der Waals surface area contributed by atoms with E-state index in [0.29, 0.717) is 5.54 Å². The highest BCUT2D eigenvalue weighted by Gasteiger charge is 2.37. The molecular weight excluding hydrogens is 244 g/mol. The molecular formula is C18H36N2. The lowest BCUT2D eigenvalue weighted by atomic mass is 9.79. The molecule has 1 aliphatic carbocycles. The Bertz CT molecular complexity index is 248. The van der Waals surface area contributed by atoms with E-state index < -0.39 is 0 Å². The van der Waals surface area contributed by atoms with E-state index in [1.54, 1.807) is 0 Å². The van der Waals surface area contributed by atoms with Crippen LogP contribution in [0.2, 0.25) is 0 Å². The van der Waals surface area contributed by atoms with E-state index in [0.717, 1.165) is 5.92 Å². The molecule has 0 bridgehead atoms. The standard InChI is InChI=1S/C18H36N2/c1-3-17(4-2)15-19-16-18(11-7-5-8-12-18)20-13-9-6-10-14-20/h17,19H,3-16H2,1-2H3. The molecule has 2 nitrogen and oxygen atoms in total. The first-order valence-corrected chi connectivity index (χ1v) is 9.26. The largest absolute Gasteiger partial charge is 0.315 e. The van der Waals surface area contributed by atoms with Crippen LogP contribution in [0.1, 0.15) is 78.1 Å². The summed E-state index contributed by atoms with van der Waals surface area (Å²) in [6.07, 6.45) is 14.2. The average Bonchev–Trinajstić information content (AvgIpc) is 2.53. The van der Waals surface area contributed by atoms with E-state index in [2.05, 4.69) is 24.1 Å². The molecule has 0 radical (unpaired) electrons. The molecule has 0 atom stereocenters. The van der Waals surface area contributed by atoms with Crippen LogP contribution in [0.5, 0.6) is 0 Å². The molecule has 2 rings (SSSR count). The maximum absolute atomic E-state index is 3.85. The Balaban J connectivity index is 1.89. The Morgan fingerprint density at radius 1 is 0.900 bits per heavy atom. The van der Waals surface area contributed by atoms with Gasteiger partial charge in [0.15, 0.2) is 0 Å². The third-order valence-electron chi connectivity index (χ3n) is 5.85. The smallest absolute Gasteiger partial charge is 0.0333 e. The van der Waals surface area contributed by atoms with Gasteiger partial charge in [0, 0.05) is 12.1 Å². The molecule has 0 aromatic carbocycles. The van der Waals surface area contributed by atoms with Gasteiger partial charge in [-0.15, -0.1) is 0 Å². The first-order valence-electron chi connectivity index (χ1n) is 9.26. The molecule has 118 valence electrons. The Labute approximate surface area is 126 Å². The quantitative estimate of drug-likeness (QED) is 0.752. The lowest BCUT2D eigenvalue weighted by Crippen LogP contribution is -2.57. The van der Waals surface area contributed by atoms with Crippen molar-refractivity contribution in [2.75, 3.05) is 26.2 Å². The summed E-state index contributed by atoms with van der Waals surface area (Å²) < 4.78 is 0. The number of hydrogen-bond donors (Lipinski definition) is 1. The molecule has 0 unspecified atom stereocenters. The van der Waals surface area contributed by atoms with Crippen LogP contribution in [0.25, 0.3) is 0 Å². The van der Waals surface area contributed by atoms with Gasteiger partial charge in [-0.05, 0) is 51.2 Å². The van der Waals surface area contributed by atoms with Gasteiger partial charge in [-0.1, -0.05) is 52.4 Å². The minimum Gasteiger partial charge on any atom is -0.315 e. The molecule has 2 heteroatoms. The summed E-state index contributed by atoms with van der Waals surface area (Å²) in [5.74, 6) is 0.872. The van der Waals surface area contributed by atoms with Gasteiger partial charge in [-0.25, -0.2) is 0 Å². The van der Waals surface area contributed by atoms with Gasteiger partial charge in [-0.2, -0.15) is 0 Å². The van der Waals surface area contributed by atoms with E-state index >= 15 is 0 Å². The summed E-state index contributed by atoms with van der Waals surface area (Å²) in [6, 6.07) is 0. The third kappa shape index (κ3) is 4.21. The summed E-state index contributed by atoms with van der Waals surface area (Å²) in [5, 5.41) is 3.85. The Hall–Kier alpha value is -0.0800. The number of nitrogens with one attached hydrogen (secondary N) is 1. The summed E-state index contributed by atoms with van der Waals surface area (Å²) in [5.41, 5.74) is 0.505. The number of piperidine rings is 1. The molecule has 1 saturated heterocycles. The van der Waals surface area contributed by atoms with Crippen molar-refractivity contribution in [1.29, 1.82) is 0 Å². The van der Waals surface area contributed by atoms with Crippen LogP contribution < -0.4 is 5.32 Å². The minimum atomic E-state index is 0.505. The van der Waals surface area contributed by atoms with Crippen molar-refractivity contribution < 1.29 is 0 Å². The highest BCUT2D eigenvalue weighted by Crippen LogP contribution is 2.35. The number of likely N-dealkylation sites (tertiary alicyclic amines) is 1. The van der Waals surface area contributed by atoms with Gasteiger partial charge in [-0.3, -0.25) is 4.90 Å².